The van der Waals surface area contributed by atoms with Crippen LogP contribution < -0.4 is 10.2 Å². The van der Waals surface area contributed by atoms with Crippen molar-refractivity contribution in [3.63, 3.8) is 0 Å². The van der Waals surface area contributed by atoms with Gasteiger partial charge in [-0.25, -0.2) is 0 Å². The van der Waals surface area contributed by atoms with E-state index < -0.39 is 23.4 Å². The Kier molecular flexibility index (Phi) is 8.35. The lowest BCUT2D eigenvalue weighted by atomic mass is 9.92. The lowest BCUT2D eigenvalue weighted by molar-refractivity contribution is -0.139. The molecule has 11 heteroatoms. The molecule has 8 nitrogen and oxygen atoms in total. The molecule has 0 N–H and O–H groups in total. The summed E-state index contributed by atoms with van der Waals surface area (Å²) >= 11 is 0. The normalized spacial score (nSPS) is 22.0. The first kappa shape index (κ1) is 29.4. The molecule has 4 rings (SSSR count). The monoisotopic (exact) mass is 553 g/mol. The second-order valence-corrected chi connectivity index (χ2v) is 11.6. The molecule has 2 saturated heterocycles. The zero-order chi connectivity index (χ0) is 28.6. The van der Waals surface area contributed by atoms with E-state index in [1.54, 1.807) is 6.07 Å². The first-order chi connectivity index (χ1) is 18.1. The highest BCUT2D eigenvalue weighted by molar-refractivity contribution is 5.97. The Morgan fingerprint density at radius 3 is 2.51 bits per heavy atom. The van der Waals surface area contributed by atoms with E-state index >= 15 is 0 Å². The highest BCUT2D eigenvalue weighted by Gasteiger charge is 2.34. The topological polar surface area (TPSA) is 76.2 Å². The second kappa shape index (κ2) is 11.1. The third-order valence-corrected chi connectivity index (χ3v) is 6.93. The number of aromatic nitrogens is 2. The predicted octanol–water partition coefficient (Wildman–Crippen LogP) is 4.98. The van der Waals surface area contributed by atoms with Crippen molar-refractivity contribution in [2.75, 3.05) is 19.8 Å². The third-order valence-electron chi connectivity index (χ3n) is 6.93. The minimum absolute atomic E-state index is 0.0281. The van der Waals surface area contributed by atoms with Crippen molar-refractivity contribution in [1.82, 2.24) is 9.36 Å². The van der Waals surface area contributed by atoms with Crippen LogP contribution in [-0.4, -0.2) is 53.1 Å². The van der Waals surface area contributed by atoms with Gasteiger partial charge in [-0.1, -0.05) is 20.8 Å². The van der Waals surface area contributed by atoms with Crippen molar-refractivity contribution in [3.05, 3.63) is 46.6 Å². The summed E-state index contributed by atoms with van der Waals surface area (Å²) in [5, 5.41) is 0. The van der Waals surface area contributed by atoms with Gasteiger partial charge in [0.2, 0.25) is 0 Å². The Morgan fingerprint density at radius 2 is 1.92 bits per heavy atom. The van der Waals surface area contributed by atoms with Crippen LogP contribution in [0, 0.1) is 0 Å². The van der Waals surface area contributed by atoms with Gasteiger partial charge in [-0.05, 0) is 44.9 Å². The second-order valence-electron chi connectivity index (χ2n) is 11.6. The number of halogens is 3. The summed E-state index contributed by atoms with van der Waals surface area (Å²) in [6.07, 6.45) is -2.58. The number of nitrogens with zero attached hydrogens (tertiary/aromatic N) is 3. The SMILES string of the molecule is Cn1c(C(C)(C)C)cc(=NC(=O)c2cc(C(F)(F)F)ccc2OCC[C@H]2COC(C)(C)O2)n1C[C@H]1CCCO1. The Labute approximate surface area is 226 Å². The number of amides is 1. The van der Waals surface area contributed by atoms with Crippen LogP contribution in [0.1, 0.15) is 75.5 Å². The summed E-state index contributed by atoms with van der Waals surface area (Å²) in [5.41, 5.74) is -0.175. The molecule has 216 valence electrons. The smallest absolute Gasteiger partial charge is 0.416 e. The average Bonchev–Trinajstić information content (AvgIpc) is 3.54. The lowest BCUT2D eigenvalue weighted by Gasteiger charge is -2.21. The largest absolute Gasteiger partial charge is 0.493 e. The van der Waals surface area contributed by atoms with Crippen LogP contribution in [0.15, 0.2) is 29.3 Å². The van der Waals surface area contributed by atoms with E-state index in [1.165, 1.54) is 6.07 Å². The summed E-state index contributed by atoms with van der Waals surface area (Å²) in [6.45, 7) is 11.4. The van der Waals surface area contributed by atoms with E-state index in [-0.39, 0.29) is 35.5 Å². The van der Waals surface area contributed by atoms with Crippen LogP contribution in [0.5, 0.6) is 5.75 Å². The summed E-state index contributed by atoms with van der Waals surface area (Å²) in [7, 11) is 1.88. The predicted molar refractivity (Wildman–Crippen MR) is 137 cm³/mol. The molecule has 2 fully saturated rings. The first-order valence-corrected chi connectivity index (χ1v) is 13.3. The van der Waals surface area contributed by atoms with E-state index in [1.807, 2.05) is 51.0 Å². The average molecular weight is 554 g/mol. The van der Waals surface area contributed by atoms with Crippen LogP contribution in [0.4, 0.5) is 13.2 Å². The van der Waals surface area contributed by atoms with Gasteiger partial charge >= 0.3 is 6.18 Å². The standard InChI is InChI=1S/C28H38F3N3O5/c1-26(2,3)23-15-24(34(33(23)6)16-19-8-7-12-36-19)32-25(35)21-14-18(28(29,30)31)9-10-22(21)37-13-11-20-17-38-27(4,5)39-20/h9-10,14-15,19-20H,7-8,11-13,16-17H2,1-6H3/t19-,20+/m1/s1. The van der Waals surface area contributed by atoms with Crippen LogP contribution >= 0.6 is 0 Å². The molecule has 0 radical (unpaired) electrons. The fraction of sp³-hybridized carbons (Fsp3) is 0.643. The Bertz CT molecular complexity index is 1250. The van der Waals surface area contributed by atoms with Crippen LogP contribution in [0.2, 0.25) is 0 Å². The Balaban J connectivity index is 1.66. The Hall–Kier alpha value is -2.63. The van der Waals surface area contributed by atoms with E-state index in [2.05, 4.69) is 4.99 Å². The van der Waals surface area contributed by atoms with Crippen LogP contribution in [0.25, 0.3) is 0 Å². The quantitative estimate of drug-likeness (QED) is 0.483. The molecule has 2 aliphatic rings. The zero-order valence-corrected chi connectivity index (χ0v) is 23.4. The minimum Gasteiger partial charge on any atom is -0.493 e. The highest BCUT2D eigenvalue weighted by Crippen LogP contribution is 2.33. The van der Waals surface area contributed by atoms with Crippen LogP contribution in [-0.2, 0) is 39.4 Å². The number of benzene rings is 1. The maximum Gasteiger partial charge on any atom is 0.416 e. The fourth-order valence-electron chi connectivity index (χ4n) is 4.93. The number of hydrogen-bond acceptors (Lipinski definition) is 5. The lowest BCUT2D eigenvalue weighted by Crippen LogP contribution is -2.30. The molecule has 2 atom stereocenters. The van der Waals surface area contributed by atoms with Gasteiger partial charge in [0.1, 0.15) is 5.75 Å². The molecule has 3 heterocycles. The third kappa shape index (κ3) is 7.12. The van der Waals surface area contributed by atoms with Crippen molar-refractivity contribution >= 4 is 5.91 Å². The first-order valence-electron chi connectivity index (χ1n) is 13.3. The minimum atomic E-state index is -4.62. The van der Waals surface area contributed by atoms with Crippen molar-refractivity contribution in [3.8, 4) is 5.75 Å². The molecule has 0 bridgehead atoms. The highest BCUT2D eigenvalue weighted by atomic mass is 19.4. The molecular weight excluding hydrogens is 515 g/mol. The zero-order valence-electron chi connectivity index (χ0n) is 23.4. The number of carbonyl (C=O) groups excluding carboxylic acids is 1. The molecule has 2 aromatic rings. The molecule has 39 heavy (non-hydrogen) atoms. The van der Waals surface area contributed by atoms with Gasteiger partial charge in [0.25, 0.3) is 5.91 Å². The number of rotatable bonds is 7. The van der Waals surface area contributed by atoms with Crippen molar-refractivity contribution in [2.24, 2.45) is 12.0 Å². The maximum absolute atomic E-state index is 13.6. The van der Waals surface area contributed by atoms with E-state index in [0.717, 1.165) is 30.7 Å². The maximum atomic E-state index is 13.6. The number of alkyl halides is 3. The van der Waals surface area contributed by atoms with Crippen molar-refractivity contribution < 1.29 is 36.9 Å². The van der Waals surface area contributed by atoms with Gasteiger partial charge in [-0.2, -0.15) is 18.2 Å². The number of ether oxygens (including phenoxy) is 4. The fourth-order valence-corrected chi connectivity index (χ4v) is 4.93. The van der Waals surface area contributed by atoms with Gasteiger partial charge in [-0.15, -0.1) is 0 Å². The van der Waals surface area contributed by atoms with E-state index in [0.29, 0.717) is 31.7 Å². The van der Waals surface area contributed by atoms with Gasteiger partial charge in [0, 0.05) is 37.3 Å². The Morgan fingerprint density at radius 1 is 1.18 bits per heavy atom. The van der Waals surface area contributed by atoms with Gasteiger partial charge in [-0.3, -0.25) is 14.2 Å². The van der Waals surface area contributed by atoms with Crippen molar-refractivity contribution in [1.29, 1.82) is 0 Å². The molecule has 0 unspecified atom stereocenters. The molecular formula is C28H38F3N3O5. The molecule has 1 amide bonds. The summed E-state index contributed by atoms with van der Waals surface area (Å²) in [5.74, 6) is -1.48. The van der Waals surface area contributed by atoms with E-state index in [4.69, 9.17) is 18.9 Å². The number of hydrogen-bond donors (Lipinski definition) is 0. The van der Waals surface area contributed by atoms with Crippen molar-refractivity contribution in [2.45, 2.75) is 90.0 Å². The summed E-state index contributed by atoms with van der Waals surface area (Å²) in [4.78, 5) is 17.8. The van der Waals surface area contributed by atoms with E-state index in [9.17, 15) is 18.0 Å². The number of carbonyl (C=O) groups is 1. The summed E-state index contributed by atoms with van der Waals surface area (Å²) < 4.78 is 67.4. The molecule has 1 aromatic heterocycles. The van der Waals surface area contributed by atoms with Gasteiger partial charge in [0.15, 0.2) is 11.3 Å². The molecule has 0 saturated carbocycles. The molecule has 0 spiro atoms. The van der Waals surface area contributed by atoms with Crippen LogP contribution in [0.3, 0.4) is 0 Å². The molecule has 0 aliphatic carbocycles. The van der Waals surface area contributed by atoms with Gasteiger partial charge in [0.05, 0.1) is 43.1 Å². The molecule has 2 aliphatic heterocycles. The van der Waals surface area contributed by atoms with Gasteiger partial charge < -0.3 is 18.9 Å². The summed E-state index contributed by atoms with van der Waals surface area (Å²) in [6, 6.07) is 4.69. The molecule has 1 aromatic carbocycles.